The van der Waals surface area contributed by atoms with E-state index in [9.17, 15) is 0 Å². The van der Waals surface area contributed by atoms with Gasteiger partial charge in [0.1, 0.15) is 5.52 Å². The molecule has 106 valence electrons. The molecule has 0 aliphatic carbocycles. The number of aromatic amines is 1. The van der Waals surface area contributed by atoms with Gasteiger partial charge in [0.25, 0.3) is 0 Å². The second-order valence-corrected chi connectivity index (χ2v) is 5.81. The summed E-state index contributed by atoms with van der Waals surface area (Å²) >= 11 is 7.77. The summed E-state index contributed by atoms with van der Waals surface area (Å²) in [5, 5.41) is 2.33. The van der Waals surface area contributed by atoms with Crippen LogP contribution in [0.15, 0.2) is 17.5 Å². The number of nitrogens with one attached hydrogen (secondary N) is 1. The molecule has 0 radical (unpaired) electrons. The van der Waals surface area contributed by atoms with Crippen molar-refractivity contribution in [2.45, 2.75) is 26.2 Å². The van der Waals surface area contributed by atoms with E-state index in [-0.39, 0.29) is 0 Å². The quantitative estimate of drug-likeness (QED) is 0.446. The summed E-state index contributed by atoms with van der Waals surface area (Å²) in [6, 6.07) is 3.92. The van der Waals surface area contributed by atoms with Crippen molar-refractivity contribution in [1.82, 2.24) is 19.9 Å². The summed E-state index contributed by atoms with van der Waals surface area (Å²) in [5.74, 6) is 7.29. The van der Waals surface area contributed by atoms with Crippen LogP contribution in [0.25, 0.3) is 21.9 Å². The van der Waals surface area contributed by atoms with Crippen LogP contribution in [0.2, 0.25) is 5.15 Å². The Kier molecular flexibility index (Phi) is 4.18. The molecule has 0 bridgehead atoms. The monoisotopic (exact) mass is 316 g/mol. The summed E-state index contributed by atoms with van der Waals surface area (Å²) in [4.78, 5) is 17.2. The number of H-pyrrole nitrogens is 1. The molecule has 0 aliphatic heterocycles. The van der Waals surface area contributed by atoms with Crippen LogP contribution >= 0.6 is 22.9 Å². The molecule has 0 spiro atoms. The zero-order valence-electron chi connectivity index (χ0n) is 11.5. The Morgan fingerprint density at radius 2 is 2.24 bits per heavy atom. The van der Waals surface area contributed by atoms with Crippen LogP contribution < -0.4 is 0 Å². The Morgan fingerprint density at radius 1 is 1.33 bits per heavy atom. The fourth-order valence-corrected chi connectivity index (χ4v) is 2.72. The Labute approximate surface area is 131 Å². The summed E-state index contributed by atoms with van der Waals surface area (Å²) in [5.41, 5.74) is 1.19. The van der Waals surface area contributed by atoms with E-state index >= 15 is 0 Å². The molecule has 21 heavy (non-hydrogen) atoms. The summed E-state index contributed by atoms with van der Waals surface area (Å²) in [6.45, 7) is 2.14. The number of aromatic nitrogens is 4. The zero-order valence-corrected chi connectivity index (χ0v) is 13.1. The predicted molar refractivity (Wildman–Crippen MR) is 86.4 cm³/mol. The van der Waals surface area contributed by atoms with E-state index in [4.69, 9.17) is 11.6 Å². The molecule has 6 heteroatoms. The van der Waals surface area contributed by atoms with Crippen molar-refractivity contribution in [2.24, 2.45) is 0 Å². The molecule has 0 amide bonds. The predicted octanol–water partition coefficient (Wildman–Crippen LogP) is 4.28. The first-order valence-corrected chi connectivity index (χ1v) is 7.99. The maximum atomic E-state index is 6.20. The minimum Gasteiger partial charge on any atom is -0.316 e. The van der Waals surface area contributed by atoms with Gasteiger partial charge in [-0.05, 0) is 23.8 Å². The van der Waals surface area contributed by atoms with E-state index in [1.165, 1.54) is 0 Å². The minimum absolute atomic E-state index is 0.348. The van der Waals surface area contributed by atoms with Crippen molar-refractivity contribution in [1.29, 1.82) is 0 Å². The van der Waals surface area contributed by atoms with E-state index in [2.05, 4.69) is 38.7 Å². The van der Waals surface area contributed by atoms with Crippen LogP contribution in [0.3, 0.4) is 0 Å². The molecule has 0 atom stereocenters. The van der Waals surface area contributed by atoms with E-state index in [0.29, 0.717) is 28.0 Å². The standard InChI is InChI=1S/C15H13ClN4S/c1-2-3-4-5-8-11-17-12-13(16)19-14(20-15(12)18-11)10-7-6-9-21-10/h6-7,9H,2-4H2,1H3,(H,17,18,19,20). The molecular weight excluding hydrogens is 304 g/mol. The van der Waals surface area contributed by atoms with Gasteiger partial charge in [-0.1, -0.05) is 36.9 Å². The Bertz CT molecular complexity index is 811. The van der Waals surface area contributed by atoms with Crippen molar-refractivity contribution >= 4 is 34.1 Å². The molecule has 1 N–H and O–H groups in total. The van der Waals surface area contributed by atoms with Crippen LogP contribution in [-0.4, -0.2) is 19.9 Å². The average molecular weight is 317 g/mol. The molecule has 0 saturated heterocycles. The number of rotatable bonds is 3. The number of hydrogen-bond donors (Lipinski definition) is 1. The molecule has 0 aromatic carbocycles. The number of hydrogen-bond acceptors (Lipinski definition) is 4. The van der Waals surface area contributed by atoms with Gasteiger partial charge < -0.3 is 4.98 Å². The highest BCUT2D eigenvalue weighted by molar-refractivity contribution is 7.13. The van der Waals surface area contributed by atoms with Gasteiger partial charge in [0.2, 0.25) is 0 Å². The Hall–Kier alpha value is -1.90. The maximum absolute atomic E-state index is 6.20. The lowest BCUT2D eigenvalue weighted by Gasteiger charge is -1.97. The van der Waals surface area contributed by atoms with Crippen molar-refractivity contribution < 1.29 is 0 Å². The molecular formula is C15H13ClN4S. The van der Waals surface area contributed by atoms with Gasteiger partial charge in [0, 0.05) is 6.42 Å². The third kappa shape index (κ3) is 3.07. The van der Waals surface area contributed by atoms with E-state index in [1.54, 1.807) is 11.3 Å². The molecule has 0 fully saturated rings. The van der Waals surface area contributed by atoms with Gasteiger partial charge in [-0.15, -0.1) is 11.3 Å². The lowest BCUT2D eigenvalue weighted by Crippen LogP contribution is -1.89. The number of fused-ring (bicyclic) bond motifs is 1. The maximum Gasteiger partial charge on any atom is 0.185 e. The van der Waals surface area contributed by atoms with Crippen LogP contribution in [0, 0.1) is 11.8 Å². The SMILES string of the molecule is CCCCC#Cc1nc2c(Cl)nc(-c3cccs3)nc2[nH]1. The molecule has 3 aromatic heterocycles. The second-order valence-electron chi connectivity index (χ2n) is 4.50. The topological polar surface area (TPSA) is 54.5 Å². The van der Waals surface area contributed by atoms with Gasteiger partial charge >= 0.3 is 0 Å². The van der Waals surface area contributed by atoms with E-state index < -0.39 is 0 Å². The van der Waals surface area contributed by atoms with Gasteiger partial charge in [-0.3, -0.25) is 0 Å². The van der Waals surface area contributed by atoms with Crippen molar-refractivity contribution in [2.75, 3.05) is 0 Å². The number of nitrogens with zero attached hydrogens (tertiary/aromatic N) is 3. The van der Waals surface area contributed by atoms with Crippen molar-refractivity contribution in [3.05, 3.63) is 28.5 Å². The van der Waals surface area contributed by atoms with Crippen molar-refractivity contribution in [3.8, 4) is 22.5 Å². The highest BCUT2D eigenvalue weighted by Crippen LogP contribution is 2.26. The summed E-state index contributed by atoms with van der Waals surface area (Å²) < 4.78 is 0. The smallest absolute Gasteiger partial charge is 0.185 e. The normalized spacial score (nSPS) is 10.6. The first-order valence-electron chi connectivity index (χ1n) is 6.74. The largest absolute Gasteiger partial charge is 0.316 e. The molecule has 4 nitrogen and oxygen atoms in total. The van der Waals surface area contributed by atoms with Crippen LogP contribution in [0.1, 0.15) is 32.0 Å². The highest BCUT2D eigenvalue weighted by atomic mass is 35.5. The zero-order chi connectivity index (χ0) is 14.7. The number of halogens is 1. The van der Waals surface area contributed by atoms with Gasteiger partial charge in [0.05, 0.1) is 4.88 Å². The van der Waals surface area contributed by atoms with Gasteiger partial charge in [-0.25, -0.2) is 15.0 Å². The van der Waals surface area contributed by atoms with Crippen LogP contribution in [0.5, 0.6) is 0 Å². The number of thiophene rings is 1. The Balaban J connectivity index is 1.97. The van der Waals surface area contributed by atoms with E-state index in [1.807, 2.05) is 17.5 Å². The molecule has 0 saturated carbocycles. The summed E-state index contributed by atoms with van der Waals surface area (Å²) in [6.07, 6.45) is 3.10. The lowest BCUT2D eigenvalue weighted by atomic mass is 10.2. The summed E-state index contributed by atoms with van der Waals surface area (Å²) in [7, 11) is 0. The first-order chi connectivity index (χ1) is 10.3. The molecule has 0 unspecified atom stereocenters. The first kappa shape index (κ1) is 14.1. The van der Waals surface area contributed by atoms with Crippen LogP contribution in [-0.2, 0) is 0 Å². The van der Waals surface area contributed by atoms with Gasteiger partial charge in [0.15, 0.2) is 22.4 Å². The molecule has 3 rings (SSSR count). The number of unbranched alkanes of at least 4 members (excludes halogenated alkanes) is 2. The minimum atomic E-state index is 0.348. The fourth-order valence-electron chi connectivity index (χ4n) is 1.85. The average Bonchev–Trinajstić information content (AvgIpc) is 3.12. The van der Waals surface area contributed by atoms with E-state index in [0.717, 1.165) is 24.1 Å². The number of imidazole rings is 1. The fraction of sp³-hybridized carbons (Fsp3) is 0.267. The lowest BCUT2D eigenvalue weighted by molar-refractivity contribution is 0.828. The molecule has 3 heterocycles. The van der Waals surface area contributed by atoms with Gasteiger partial charge in [-0.2, -0.15) is 0 Å². The third-order valence-corrected chi connectivity index (χ3v) is 4.03. The third-order valence-electron chi connectivity index (χ3n) is 2.91. The highest BCUT2D eigenvalue weighted by Gasteiger charge is 2.12. The Morgan fingerprint density at radius 3 is 3.00 bits per heavy atom. The second kappa shape index (κ2) is 6.25. The molecule has 0 aliphatic rings. The van der Waals surface area contributed by atoms with Crippen LogP contribution in [0.4, 0.5) is 0 Å². The molecule has 3 aromatic rings. The van der Waals surface area contributed by atoms with Crippen molar-refractivity contribution in [3.63, 3.8) is 0 Å².